The Morgan fingerprint density at radius 3 is 2.23 bits per heavy atom. The molecule has 1 heterocycles. The van der Waals surface area contributed by atoms with Gasteiger partial charge < -0.3 is 24.6 Å². The molecule has 1 aliphatic rings. The predicted molar refractivity (Wildman–Crippen MR) is 109 cm³/mol. The molecule has 1 aliphatic heterocycles. The minimum Gasteiger partial charge on any atom is -0.493 e. The van der Waals surface area contributed by atoms with Crippen LogP contribution in [0.3, 0.4) is 0 Å². The van der Waals surface area contributed by atoms with Crippen molar-refractivity contribution in [1.29, 1.82) is 0 Å². The molecule has 0 aliphatic carbocycles. The first-order valence-electron chi connectivity index (χ1n) is 9.42. The van der Waals surface area contributed by atoms with Crippen LogP contribution in [0.2, 0.25) is 0 Å². The summed E-state index contributed by atoms with van der Waals surface area (Å²) in [6.07, 6.45) is 0. The molecule has 0 aromatic heterocycles. The Morgan fingerprint density at radius 2 is 1.67 bits per heavy atom. The Kier molecular flexibility index (Phi) is 6.71. The number of rotatable bonds is 6. The van der Waals surface area contributed by atoms with Gasteiger partial charge in [-0.25, -0.2) is 4.79 Å². The van der Waals surface area contributed by atoms with Crippen molar-refractivity contribution in [3.63, 3.8) is 0 Å². The van der Waals surface area contributed by atoms with Gasteiger partial charge in [-0.1, -0.05) is 0 Å². The van der Waals surface area contributed by atoms with Gasteiger partial charge in [-0.2, -0.15) is 8.78 Å². The summed E-state index contributed by atoms with van der Waals surface area (Å²) in [5.41, 5.74) is 1.98. The average Bonchev–Trinajstić information content (AvgIpc) is 2.74. The van der Waals surface area contributed by atoms with E-state index in [4.69, 9.17) is 4.74 Å². The highest BCUT2D eigenvalue weighted by Gasteiger charge is 2.22. The van der Waals surface area contributed by atoms with Crippen LogP contribution in [0, 0.1) is 0 Å². The third kappa shape index (κ3) is 5.16. The standard InChI is InChI=1S/C21H23F2N3O4/c1-14(27)15-3-6-17(7-4-15)25-9-11-26(12-10-25)21(28)24-16-5-8-18(29-2)19(13-16)30-20(22)23/h3-8,13,20H,9-12H2,1-2H3,(H,24,28). The number of urea groups is 1. The Hall–Kier alpha value is -3.36. The van der Waals surface area contributed by atoms with Crippen molar-refractivity contribution in [3.8, 4) is 11.5 Å². The maximum atomic E-state index is 12.6. The van der Waals surface area contributed by atoms with Gasteiger partial charge >= 0.3 is 12.6 Å². The molecule has 7 nitrogen and oxygen atoms in total. The number of hydrogen-bond acceptors (Lipinski definition) is 5. The van der Waals surface area contributed by atoms with Crippen molar-refractivity contribution in [2.75, 3.05) is 43.5 Å². The highest BCUT2D eigenvalue weighted by molar-refractivity contribution is 5.94. The van der Waals surface area contributed by atoms with Crippen molar-refractivity contribution in [3.05, 3.63) is 48.0 Å². The lowest BCUT2D eigenvalue weighted by molar-refractivity contribution is -0.0511. The fourth-order valence-electron chi connectivity index (χ4n) is 3.22. The Bertz CT molecular complexity index is 898. The number of amides is 2. The number of nitrogens with one attached hydrogen (secondary N) is 1. The van der Waals surface area contributed by atoms with Crippen LogP contribution < -0.4 is 19.7 Å². The molecule has 1 fully saturated rings. The van der Waals surface area contributed by atoms with E-state index < -0.39 is 6.61 Å². The lowest BCUT2D eigenvalue weighted by Crippen LogP contribution is -2.50. The Balaban J connectivity index is 1.58. The van der Waals surface area contributed by atoms with E-state index in [1.54, 1.807) is 23.1 Å². The number of carbonyl (C=O) groups excluding carboxylic acids is 2. The number of halogens is 2. The molecule has 0 saturated carbocycles. The van der Waals surface area contributed by atoms with E-state index in [-0.39, 0.29) is 23.3 Å². The Morgan fingerprint density at radius 1 is 1.00 bits per heavy atom. The van der Waals surface area contributed by atoms with Gasteiger partial charge in [0.2, 0.25) is 0 Å². The third-order valence-corrected chi connectivity index (χ3v) is 4.84. The van der Waals surface area contributed by atoms with Crippen molar-refractivity contribution >= 4 is 23.2 Å². The fraction of sp³-hybridized carbons (Fsp3) is 0.333. The number of methoxy groups -OCH3 is 1. The SMILES string of the molecule is COc1ccc(NC(=O)N2CCN(c3ccc(C(C)=O)cc3)CC2)cc1OC(F)F. The van der Waals surface area contributed by atoms with Gasteiger partial charge in [0.15, 0.2) is 17.3 Å². The van der Waals surface area contributed by atoms with Gasteiger partial charge in [0.1, 0.15) is 0 Å². The van der Waals surface area contributed by atoms with Crippen LogP contribution in [0.15, 0.2) is 42.5 Å². The molecule has 30 heavy (non-hydrogen) atoms. The van der Waals surface area contributed by atoms with Crippen LogP contribution in [-0.2, 0) is 0 Å². The molecular weight excluding hydrogens is 396 g/mol. The van der Waals surface area contributed by atoms with Crippen molar-refractivity contribution in [2.45, 2.75) is 13.5 Å². The summed E-state index contributed by atoms with van der Waals surface area (Å²) in [4.78, 5) is 27.7. The molecule has 2 aromatic rings. The van der Waals surface area contributed by atoms with Crippen molar-refractivity contribution in [1.82, 2.24) is 4.90 Å². The van der Waals surface area contributed by atoms with Crippen LogP contribution in [0.25, 0.3) is 0 Å². The number of anilines is 2. The van der Waals surface area contributed by atoms with Crippen LogP contribution >= 0.6 is 0 Å². The number of alkyl halides is 2. The van der Waals surface area contributed by atoms with E-state index >= 15 is 0 Å². The zero-order valence-corrected chi connectivity index (χ0v) is 16.7. The third-order valence-electron chi connectivity index (χ3n) is 4.84. The fourth-order valence-corrected chi connectivity index (χ4v) is 3.22. The number of piperazine rings is 1. The number of nitrogens with zero attached hydrogens (tertiary/aromatic N) is 2. The number of ketones is 1. The maximum absolute atomic E-state index is 12.6. The number of Topliss-reactive ketones (excluding diaryl/α,β-unsaturated/α-hetero) is 1. The number of benzene rings is 2. The molecule has 2 amide bonds. The largest absolute Gasteiger partial charge is 0.493 e. The average molecular weight is 419 g/mol. The summed E-state index contributed by atoms with van der Waals surface area (Å²) in [5.74, 6) is 0.0190. The van der Waals surface area contributed by atoms with Gasteiger partial charge in [0.05, 0.1) is 7.11 Å². The Labute approximate surface area is 173 Å². The first kappa shape index (κ1) is 21.4. The second-order valence-electron chi connectivity index (χ2n) is 6.75. The quantitative estimate of drug-likeness (QED) is 0.720. The summed E-state index contributed by atoms with van der Waals surface area (Å²) < 4.78 is 34.6. The van der Waals surface area contributed by atoms with Gasteiger partial charge in [-0.05, 0) is 43.3 Å². The lowest BCUT2D eigenvalue weighted by atomic mass is 10.1. The van der Waals surface area contributed by atoms with Gasteiger partial charge in [-0.15, -0.1) is 0 Å². The first-order valence-corrected chi connectivity index (χ1v) is 9.42. The van der Waals surface area contributed by atoms with E-state index in [9.17, 15) is 18.4 Å². The molecule has 9 heteroatoms. The smallest absolute Gasteiger partial charge is 0.387 e. The van der Waals surface area contributed by atoms with Crippen LogP contribution in [0.5, 0.6) is 11.5 Å². The zero-order chi connectivity index (χ0) is 21.7. The number of ether oxygens (including phenoxy) is 2. The molecule has 0 spiro atoms. The molecule has 1 N–H and O–H groups in total. The molecule has 0 atom stereocenters. The first-order chi connectivity index (χ1) is 14.4. The van der Waals surface area contributed by atoms with E-state index in [2.05, 4.69) is 15.0 Å². The summed E-state index contributed by atoms with van der Waals surface area (Å²) in [6.45, 7) is 0.790. The van der Waals surface area contributed by atoms with Crippen LogP contribution in [0.1, 0.15) is 17.3 Å². The van der Waals surface area contributed by atoms with E-state index in [0.29, 0.717) is 37.4 Å². The predicted octanol–water partition coefficient (Wildman–Crippen LogP) is 3.85. The van der Waals surface area contributed by atoms with E-state index in [0.717, 1.165) is 5.69 Å². The molecule has 1 saturated heterocycles. The second kappa shape index (κ2) is 9.43. The molecule has 160 valence electrons. The summed E-state index contributed by atoms with van der Waals surface area (Å²) in [7, 11) is 1.35. The van der Waals surface area contributed by atoms with Crippen molar-refractivity contribution in [2.24, 2.45) is 0 Å². The summed E-state index contributed by atoms with van der Waals surface area (Å²) in [6, 6.07) is 11.4. The monoisotopic (exact) mass is 419 g/mol. The highest BCUT2D eigenvalue weighted by Crippen LogP contribution is 2.31. The normalized spacial score (nSPS) is 13.9. The number of hydrogen-bond donors (Lipinski definition) is 1. The molecule has 2 aromatic carbocycles. The topological polar surface area (TPSA) is 71.1 Å². The van der Waals surface area contributed by atoms with Gasteiger partial charge in [-0.3, -0.25) is 4.79 Å². The number of carbonyl (C=O) groups is 2. The maximum Gasteiger partial charge on any atom is 0.387 e. The summed E-state index contributed by atoms with van der Waals surface area (Å²) in [5, 5.41) is 2.70. The zero-order valence-electron chi connectivity index (χ0n) is 16.7. The lowest BCUT2D eigenvalue weighted by Gasteiger charge is -2.36. The highest BCUT2D eigenvalue weighted by atomic mass is 19.3. The molecular formula is C21H23F2N3O4. The molecule has 3 rings (SSSR count). The molecule has 0 unspecified atom stereocenters. The van der Waals surface area contributed by atoms with E-state index in [1.165, 1.54) is 26.2 Å². The van der Waals surface area contributed by atoms with Crippen LogP contribution in [-0.4, -0.2) is 56.6 Å². The van der Waals surface area contributed by atoms with Crippen LogP contribution in [0.4, 0.5) is 25.0 Å². The minimum absolute atomic E-state index is 0.0173. The van der Waals surface area contributed by atoms with Crippen molar-refractivity contribution < 1.29 is 27.8 Å². The van der Waals surface area contributed by atoms with E-state index in [1.807, 2.05) is 12.1 Å². The second-order valence-corrected chi connectivity index (χ2v) is 6.75. The molecule has 0 bridgehead atoms. The molecule has 0 radical (unpaired) electrons. The minimum atomic E-state index is -3.00. The van der Waals surface area contributed by atoms with Gasteiger partial charge in [0.25, 0.3) is 0 Å². The summed E-state index contributed by atoms with van der Waals surface area (Å²) >= 11 is 0. The van der Waals surface area contributed by atoms with Gasteiger partial charge in [0, 0.05) is 49.2 Å².